The predicted molar refractivity (Wildman–Crippen MR) is 89.5 cm³/mol. The third kappa shape index (κ3) is 7.68. The average Bonchev–Trinajstić information content (AvgIpc) is 2.50. The standard InChI is InChI=1S/C18H27NO4/c1-4-22-17(21)11-6-5-7-12-19-16(20)13-23-18-14(2)9-8-10-15(18)3/h8-10H,4-7,11-13H2,1-3H3,(H,19,20). The number of unbranched alkanes of at least 4 members (excludes halogenated alkanes) is 2. The molecule has 0 atom stereocenters. The number of hydrogen-bond donors (Lipinski definition) is 1. The Kier molecular flexibility index (Phi) is 8.80. The van der Waals surface area contributed by atoms with Gasteiger partial charge < -0.3 is 14.8 Å². The lowest BCUT2D eigenvalue weighted by atomic mass is 10.1. The molecule has 0 heterocycles. The van der Waals surface area contributed by atoms with Gasteiger partial charge in [-0.1, -0.05) is 24.6 Å². The van der Waals surface area contributed by atoms with Crippen molar-refractivity contribution in [1.82, 2.24) is 5.32 Å². The smallest absolute Gasteiger partial charge is 0.305 e. The van der Waals surface area contributed by atoms with E-state index in [9.17, 15) is 9.59 Å². The molecule has 0 saturated heterocycles. The highest BCUT2D eigenvalue weighted by Crippen LogP contribution is 2.21. The number of esters is 1. The lowest BCUT2D eigenvalue weighted by molar-refractivity contribution is -0.143. The molecule has 5 nitrogen and oxygen atoms in total. The van der Waals surface area contributed by atoms with Crippen LogP contribution in [0.3, 0.4) is 0 Å². The van der Waals surface area contributed by atoms with Gasteiger partial charge in [-0.3, -0.25) is 9.59 Å². The maximum absolute atomic E-state index is 11.8. The van der Waals surface area contributed by atoms with Crippen molar-refractivity contribution in [2.24, 2.45) is 0 Å². The number of rotatable bonds is 10. The molecule has 0 aliphatic rings. The second kappa shape index (κ2) is 10.6. The summed E-state index contributed by atoms with van der Waals surface area (Å²) in [5.41, 5.74) is 2.05. The number of carbonyl (C=O) groups excluding carboxylic acids is 2. The van der Waals surface area contributed by atoms with E-state index < -0.39 is 0 Å². The Balaban J connectivity index is 2.12. The molecule has 0 bridgehead atoms. The quantitative estimate of drug-likeness (QED) is 0.531. The molecule has 0 aliphatic carbocycles. The van der Waals surface area contributed by atoms with E-state index in [4.69, 9.17) is 9.47 Å². The normalized spacial score (nSPS) is 10.2. The maximum atomic E-state index is 11.8. The summed E-state index contributed by atoms with van der Waals surface area (Å²) in [7, 11) is 0. The Bertz CT molecular complexity index is 493. The van der Waals surface area contributed by atoms with Crippen LogP contribution >= 0.6 is 0 Å². The van der Waals surface area contributed by atoms with Crippen LogP contribution in [0.4, 0.5) is 0 Å². The zero-order valence-corrected chi connectivity index (χ0v) is 14.3. The molecule has 0 aliphatic heterocycles. The largest absolute Gasteiger partial charge is 0.483 e. The molecule has 0 spiro atoms. The van der Waals surface area contributed by atoms with Gasteiger partial charge in [0.1, 0.15) is 5.75 Å². The van der Waals surface area contributed by atoms with Gasteiger partial charge in [-0.2, -0.15) is 0 Å². The summed E-state index contributed by atoms with van der Waals surface area (Å²) in [6.45, 7) is 6.77. The molecule has 1 N–H and O–H groups in total. The molecular formula is C18H27NO4. The summed E-state index contributed by atoms with van der Waals surface area (Å²) in [4.78, 5) is 22.9. The van der Waals surface area contributed by atoms with Crippen molar-refractivity contribution in [2.45, 2.75) is 46.5 Å². The van der Waals surface area contributed by atoms with E-state index in [1.165, 1.54) is 0 Å². The van der Waals surface area contributed by atoms with E-state index in [1.54, 1.807) is 6.92 Å². The van der Waals surface area contributed by atoms with Gasteiger partial charge in [-0.25, -0.2) is 0 Å². The summed E-state index contributed by atoms with van der Waals surface area (Å²) in [5, 5.41) is 2.83. The van der Waals surface area contributed by atoms with Gasteiger partial charge in [-0.15, -0.1) is 0 Å². The zero-order valence-electron chi connectivity index (χ0n) is 14.3. The number of carbonyl (C=O) groups is 2. The van der Waals surface area contributed by atoms with Gasteiger partial charge in [-0.05, 0) is 44.7 Å². The third-order valence-corrected chi connectivity index (χ3v) is 3.44. The van der Waals surface area contributed by atoms with Crippen molar-refractivity contribution in [3.8, 4) is 5.75 Å². The van der Waals surface area contributed by atoms with Crippen LogP contribution < -0.4 is 10.1 Å². The first-order valence-electron chi connectivity index (χ1n) is 8.16. The molecule has 0 fully saturated rings. The third-order valence-electron chi connectivity index (χ3n) is 3.44. The summed E-state index contributed by atoms with van der Waals surface area (Å²) in [6, 6.07) is 5.89. The first-order valence-corrected chi connectivity index (χ1v) is 8.16. The highest BCUT2D eigenvalue weighted by molar-refractivity contribution is 5.77. The molecule has 1 aromatic carbocycles. The molecule has 1 rings (SSSR count). The zero-order chi connectivity index (χ0) is 17.1. The fourth-order valence-electron chi connectivity index (χ4n) is 2.25. The minimum Gasteiger partial charge on any atom is -0.483 e. The summed E-state index contributed by atoms with van der Waals surface area (Å²) >= 11 is 0. The Morgan fingerprint density at radius 2 is 1.78 bits per heavy atom. The number of para-hydroxylation sites is 1. The van der Waals surface area contributed by atoms with Crippen LogP contribution in [0, 0.1) is 13.8 Å². The number of hydrogen-bond acceptors (Lipinski definition) is 4. The van der Waals surface area contributed by atoms with Crippen molar-refractivity contribution in [2.75, 3.05) is 19.8 Å². The van der Waals surface area contributed by atoms with E-state index in [2.05, 4.69) is 5.32 Å². The van der Waals surface area contributed by atoms with E-state index >= 15 is 0 Å². The summed E-state index contributed by atoms with van der Waals surface area (Å²) < 4.78 is 10.4. The van der Waals surface area contributed by atoms with Gasteiger partial charge in [0, 0.05) is 13.0 Å². The first-order chi connectivity index (χ1) is 11.0. The predicted octanol–water partition coefficient (Wildman–Crippen LogP) is 2.92. The van der Waals surface area contributed by atoms with Crippen molar-refractivity contribution in [1.29, 1.82) is 0 Å². The van der Waals surface area contributed by atoms with E-state index in [0.717, 1.165) is 36.1 Å². The second-order valence-electron chi connectivity index (χ2n) is 5.48. The Labute approximate surface area is 138 Å². The molecule has 0 unspecified atom stereocenters. The van der Waals surface area contributed by atoms with Crippen LogP contribution in [0.15, 0.2) is 18.2 Å². The lowest BCUT2D eigenvalue weighted by Crippen LogP contribution is -2.29. The van der Waals surface area contributed by atoms with Gasteiger partial charge in [0.25, 0.3) is 5.91 Å². The summed E-state index contributed by atoms with van der Waals surface area (Å²) in [6.07, 6.45) is 2.95. The van der Waals surface area contributed by atoms with Crippen LogP contribution in [0.1, 0.15) is 43.7 Å². The molecule has 0 radical (unpaired) electrons. The number of amides is 1. The van der Waals surface area contributed by atoms with Crippen LogP contribution in [-0.2, 0) is 14.3 Å². The summed E-state index contributed by atoms with van der Waals surface area (Å²) in [5.74, 6) is 0.494. The molecule has 23 heavy (non-hydrogen) atoms. The molecule has 1 aromatic rings. The fourth-order valence-corrected chi connectivity index (χ4v) is 2.25. The van der Waals surface area contributed by atoms with Crippen molar-refractivity contribution in [3.05, 3.63) is 29.3 Å². The molecule has 5 heteroatoms. The van der Waals surface area contributed by atoms with Crippen LogP contribution in [-0.4, -0.2) is 31.6 Å². The van der Waals surface area contributed by atoms with E-state index in [0.29, 0.717) is 19.6 Å². The van der Waals surface area contributed by atoms with Crippen LogP contribution in [0.25, 0.3) is 0 Å². The topological polar surface area (TPSA) is 64.6 Å². The number of aryl methyl sites for hydroxylation is 2. The molecular weight excluding hydrogens is 294 g/mol. The van der Waals surface area contributed by atoms with Gasteiger partial charge in [0.2, 0.25) is 0 Å². The maximum Gasteiger partial charge on any atom is 0.305 e. The number of ether oxygens (including phenoxy) is 2. The highest BCUT2D eigenvalue weighted by Gasteiger charge is 2.07. The molecule has 0 aromatic heterocycles. The molecule has 1 amide bonds. The lowest BCUT2D eigenvalue weighted by Gasteiger charge is -2.11. The van der Waals surface area contributed by atoms with Crippen molar-refractivity contribution >= 4 is 11.9 Å². The Morgan fingerprint density at radius 1 is 1.09 bits per heavy atom. The van der Waals surface area contributed by atoms with E-state index in [-0.39, 0.29) is 18.5 Å². The Morgan fingerprint density at radius 3 is 2.43 bits per heavy atom. The van der Waals surface area contributed by atoms with Gasteiger partial charge >= 0.3 is 5.97 Å². The second-order valence-corrected chi connectivity index (χ2v) is 5.48. The average molecular weight is 321 g/mol. The van der Waals surface area contributed by atoms with Gasteiger partial charge in [0.15, 0.2) is 6.61 Å². The number of nitrogens with one attached hydrogen (secondary N) is 1. The minimum atomic E-state index is -0.154. The van der Waals surface area contributed by atoms with Gasteiger partial charge in [0.05, 0.1) is 6.61 Å². The number of benzene rings is 1. The monoisotopic (exact) mass is 321 g/mol. The Hall–Kier alpha value is -2.04. The minimum absolute atomic E-state index is 0.0223. The molecule has 0 saturated carbocycles. The van der Waals surface area contributed by atoms with Crippen molar-refractivity contribution in [3.63, 3.8) is 0 Å². The SMILES string of the molecule is CCOC(=O)CCCCCNC(=O)COc1c(C)cccc1C. The van der Waals surface area contributed by atoms with Crippen LogP contribution in [0.5, 0.6) is 5.75 Å². The van der Waals surface area contributed by atoms with E-state index in [1.807, 2.05) is 32.0 Å². The van der Waals surface area contributed by atoms with Crippen LogP contribution in [0.2, 0.25) is 0 Å². The molecule has 128 valence electrons. The van der Waals surface area contributed by atoms with Crippen molar-refractivity contribution < 1.29 is 19.1 Å². The highest BCUT2D eigenvalue weighted by atomic mass is 16.5. The first kappa shape index (κ1) is 19.0. The fraction of sp³-hybridized carbons (Fsp3) is 0.556.